The van der Waals surface area contributed by atoms with Crippen LogP contribution in [0, 0.1) is 6.92 Å². The molecule has 3 aromatic rings. The quantitative estimate of drug-likeness (QED) is 0.629. The van der Waals surface area contributed by atoms with E-state index in [0.29, 0.717) is 6.42 Å². The molecular formula is C22H22BrN3O2. The molecule has 2 heterocycles. The highest BCUT2D eigenvalue weighted by molar-refractivity contribution is 9.10. The first kappa shape index (κ1) is 18.7. The van der Waals surface area contributed by atoms with Crippen molar-refractivity contribution in [1.29, 1.82) is 0 Å². The van der Waals surface area contributed by atoms with Crippen LogP contribution in [-0.4, -0.2) is 16.4 Å². The van der Waals surface area contributed by atoms with Crippen molar-refractivity contribution in [3.8, 4) is 0 Å². The fraction of sp³-hybridized carbons (Fsp3) is 0.273. The first-order valence-electron chi connectivity index (χ1n) is 9.39. The largest absolute Gasteiger partial charge is 0.348 e. The van der Waals surface area contributed by atoms with Gasteiger partial charge in [0.1, 0.15) is 6.54 Å². The van der Waals surface area contributed by atoms with Crippen LogP contribution in [-0.2, 0) is 22.6 Å². The minimum absolute atomic E-state index is 0.0325. The predicted molar refractivity (Wildman–Crippen MR) is 114 cm³/mol. The first-order valence-corrected chi connectivity index (χ1v) is 10.2. The van der Waals surface area contributed by atoms with Gasteiger partial charge in [-0.3, -0.25) is 9.59 Å². The summed E-state index contributed by atoms with van der Waals surface area (Å²) in [5.41, 5.74) is 5.11. The second kappa shape index (κ2) is 7.43. The summed E-state index contributed by atoms with van der Waals surface area (Å²) in [4.78, 5) is 24.2. The number of carbonyl (C=O) groups excluding carboxylic acids is 2. The van der Waals surface area contributed by atoms with Crippen molar-refractivity contribution in [3.05, 3.63) is 63.8 Å². The Hall–Kier alpha value is -2.60. The Kier molecular flexibility index (Phi) is 4.98. The molecule has 1 aliphatic heterocycles. The number of aryl methyl sites for hydroxylation is 1. The van der Waals surface area contributed by atoms with E-state index in [1.165, 1.54) is 0 Å². The summed E-state index contributed by atoms with van der Waals surface area (Å²) in [6, 6.07) is 13.9. The lowest BCUT2D eigenvalue weighted by Crippen LogP contribution is -2.30. The van der Waals surface area contributed by atoms with Gasteiger partial charge in [-0.1, -0.05) is 30.3 Å². The van der Waals surface area contributed by atoms with Gasteiger partial charge in [0.25, 0.3) is 0 Å². The molecule has 2 N–H and O–H groups in total. The lowest BCUT2D eigenvalue weighted by Gasteiger charge is -2.21. The molecule has 144 valence electrons. The summed E-state index contributed by atoms with van der Waals surface area (Å²) in [5.74, 6) is 0.0250. The number of fused-ring (bicyclic) bond motifs is 2. The molecule has 1 atom stereocenters. The number of para-hydroxylation sites is 1. The summed E-state index contributed by atoms with van der Waals surface area (Å²) < 4.78 is 3.06. The molecular weight excluding hydrogens is 418 g/mol. The van der Waals surface area contributed by atoms with Crippen LogP contribution in [0.2, 0.25) is 0 Å². The number of carbonyl (C=O) groups is 2. The molecule has 2 amide bonds. The van der Waals surface area contributed by atoms with E-state index in [-0.39, 0.29) is 24.4 Å². The van der Waals surface area contributed by atoms with E-state index >= 15 is 0 Å². The van der Waals surface area contributed by atoms with E-state index in [9.17, 15) is 9.59 Å². The van der Waals surface area contributed by atoms with Crippen molar-refractivity contribution in [2.45, 2.75) is 39.3 Å². The van der Waals surface area contributed by atoms with Crippen molar-refractivity contribution < 1.29 is 9.59 Å². The summed E-state index contributed by atoms with van der Waals surface area (Å²) >= 11 is 3.64. The predicted octanol–water partition coefficient (Wildman–Crippen LogP) is 4.47. The number of nitrogens with zero attached hydrogens (tertiary/aromatic N) is 1. The molecule has 0 fully saturated rings. The van der Waals surface area contributed by atoms with E-state index < -0.39 is 0 Å². The molecule has 1 aromatic heterocycles. The lowest BCUT2D eigenvalue weighted by atomic mass is 9.98. The van der Waals surface area contributed by atoms with E-state index in [4.69, 9.17) is 0 Å². The Labute approximate surface area is 172 Å². The third-order valence-electron chi connectivity index (χ3n) is 5.36. The number of nitrogens with one attached hydrogen (secondary N) is 2. The Balaban J connectivity index is 1.50. The van der Waals surface area contributed by atoms with Crippen molar-refractivity contribution in [1.82, 2.24) is 9.88 Å². The number of anilines is 1. The SMILES string of the molecule is Cc1c(Br)c2ccccc2n1CC(=O)NC(C)c1ccc2c(c1)CCC(=O)N2. The third kappa shape index (κ3) is 3.44. The Bertz CT molecular complexity index is 1090. The maximum absolute atomic E-state index is 12.7. The molecule has 6 heteroatoms. The Morgan fingerprint density at radius 2 is 2.04 bits per heavy atom. The van der Waals surface area contributed by atoms with E-state index in [2.05, 4.69) is 38.7 Å². The van der Waals surface area contributed by atoms with Crippen molar-refractivity contribution >= 4 is 44.3 Å². The smallest absolute Gasteiger partial charge is 0.240 e. The molecule has 1 unspecified atom stereocenters. The minimum atomic E-state index is -0.110. The molecule has 1 aliphatic rings. The standard InChI is InChI=1S/C22H22BrN3O2/c1-13(15-7-9-18-16(11-15)8-10-20(27)25-18)24-21(28)12-26-14(2)22(23)17-5-3-4-6-19(17)26/h3-7,9,11,13H,8,10,12H2,1-2H3,(H,24,28)(H,25,27). The van der Waals surface area contributed by atoms with Gasteiger partial charge in [0, 0.05) is 33.2 Å². The fourth-order valence-electron chi connectivity index (χ4n) is 3.78. The van der Waals surface area contributed by atoms with Crippen molar-refractivity contribution in [3.63, 3.8) is 0 Å². The zero-order valence-electron chi connectivity index (χ0n) is 15.9. The number of rotatable bonds is 4. The second-order valence-electron chi connectivity index (χ2n) is 7.26. The molecule has 0 spiro atoms. The van der Waals surface area contributed by atoms with Crippen LogP contribution >= 0.6 is 15.9 Å². The second-order valence-corrected chi connectivity index (χ2v) is 8.05. The lowest BCUT2D eigenvalue weighted by molar-refractivity contribution is -0.122. The van der Waals surface area contributed by atoms with Crippen molar-refractivity contribution in [2.75, 3.05) is 5.32 Å². The van der Waals surface area contributed by atoms with Crippen LogP contribution in [0.25, 0.3) is 10.9 Å². The summed E-state index contributed by atoms with van der Waals surface area (Å²) in [7, 11) is 0. The summed E-state index contributed by atoms with van der Waals surface area (Å²) in [6.45, 7) is 4.26. The van der Waals surface area contributed by atoms with E-state index in [1.807, 2.05) is 48.7 Å². The zero-order valence-corrected chi connectivity index (χ0v) is 17.5. The molecule has 0 bridgehead atoms. The number of halogens is 1. The normalized spacial score (nSPS) is 14.5. The molecule has 2 aromatic carbocycles. The van der Waals surface area contributed by atoms with Gasteiger partial charge < -0.3 is 15.2 Å². The van der Waals surface area contributed by atoms with Gasteiger partial charge in [-0.2, -0.15) is 0 Å². The summed E-state index contributed by atoms with van der Waals surface area (Å²) in [6.07, 6.45) is 1.24. The Morgan fingerprint density at radius 1 is 1.25 bits per heavy atom. The minimum Gasteiger partial charge on any atom is -0.348 e. The van der Waals surface area contributed by atoms with E-state index in [1.54, 1.807) is 0 Å². The Morgan fingerprint density at radius 3 is 2.86 bits per heavy atom. The number of aromatic nitrogens is 1. The van der Waals surface area contributed by atoms with Gasteiger partial charge in [0.05, 0.1) is 6.04 Å². The highest BCUT2D eigenvalue weighted by Gasteiger charge is 2.18. The molecule has 0 saturated carbocycles. The van der Waals surface area contributed by atoms with Gasteiger partial charge in [0.2, 0.25) is 11.8 Å². The van der Waals surface area contributed by atoms with Crippen LogP contribution in [0.3, 0.4) is 0 Å². The monoisotopic (exact) mass is 439 g/mol. The average molecular weight is 440 g/mol. The molecule has 28 heavy (non-hydrogen) atoms. The van der Waals surface area contributed by atoms with E-state index in [0.717, 1.165) is 44.3 Å². The van der Waals surface area contributed by atoms with Gasteiger partial charge in [-0.15, -0.1) is 0 Å². The average Bonchev–Trinajstić information content (AvgIpc) is 2.92. The van der Waals surface area contributed by atoms with Crippen LogP contribution in [0.5, 0.6) is 0 Å². The van der Waals surface area contributed by atoms with Crippen LogP contribution < -0.4 is 10.6 Å². The molecule has 5 nitrogen and oxygen atoms in total. The zero-order chi connectivity index (χ0) is 19.8. The van der Waals surface area contributed by atoms with Crippen LogP contribution in [0.4, 0.5) is 5.69 Å². The highest BCUT2D eigenvalue weighted by Crippen LogP contribution is 2.30. The van der Waals surface area contributed by atoms with Crippen molar-refractivity contribution in [2.24, 2.45) is 0 Å². The van der Waals surface area contributed by atoms with Gasteiger partial charge in [-0.05, 0) is 59.5 Å². The third-order valence-corrected chi connectivity index (χ3v) is 6.36. The topological polar surface area (TPSA) is 63.1 Å². The van der Waals surface area contributed by atoms with Gasteiger partial charge >= 0.3 is 0 Å². The van der Waals surface area contributed by atoms with Crippen LogP contribution in [0.15, 0.2) is 46.9 Å². The number of hydrogen-bond donors (Lipinski definition) is 2. The molecule has 4 rings (SSSR count). The molecule has 0 radical (unpaired) electrons. The maximum Gasteiger partial charge on any atom is 0.240 e. The first-order chi connectivity index (χ1) is 13.4. The molecule has 0 saturated heterocycles. The maximum atomic E-state index is 12.7. The number of amides is 2. The van der Waals surface area contributed by atoms with Gasteiger partial charge in [0.15, 0.2) is 0 Å². The van der Waals surface area contributed by atoms with Gasteiger partial charge in [-0.25, -0.2) is 0 Å². The molecule has 0 aliphatic carbocycles. The summed E-state index contributed by atoms with van der Waals surface area (Å²) in [5, 5.41) is 7.10. The number of hydrogen-bond acceptors (Lipinski definition) is 2. The highest BCUT2D eigenvalue weighted by atomic mass is 79.9. The number of benzene rings is 2. The van der Waals surface area contributed by atoms with Crippen LogP contribution in [0.1, 0.15) is 36.2 Å². The fourth-order valence-corrected chi connectivity index (χ4v) is 4.33.